The Hall–Kier alpha value is -2.61. The van der Waals surface area contributed by atoms with E-state index >= 15 is 0 Å². The minimum atomic E-state index is -3.94. The molecule has 0 saturated heterocycles. The summed E-state index contributed by atoms with van der Waals surface area (Å²) in [7, 11) is -3.94. The zero-order valence-corrected chi connectivity index (χ0v) is 14.7. The number of pyridine rings is 1. The van der Waals surface area contributed by atoms with E-state index in [1.54, 1.807) is 12.1 Å². The van der Waals surface area contributed by atoms with Crippen LogP contribution in [-0.2, 0) is 16.4 Å². The maximum absolute atomic E-state index is 13.0. The topological polar surface area (TPSA) is 96.8 Å². The number of aromatic nitrogens is 1. The molecule has 1 aliphatic rings. The number of nitrogens with zero attached hydrogens (tertiary/aromatic N) is 2. The summed E-state index contributed by atoms with van der Waals surface area (Å²) in [5, 5.41) is 9.39. The van der Waals surface area contributed by atoms with Crippen LogP contribution in [0, 0.1) is 0 Å². The van der Waals surface area contributed by atoms with Gasteiger partial charge in [0.25, 0.3) is 10.0 Å². The first-order chi connectivity index (χ1) is 11.8. The van der Waals surface area contributed by atoms with Crippen molar-refractivity contribution in [3.8, 4) is 5.75 Å². The third-order valence-corrected chi connectivity index (χ3v) is 5.60. The fraction of sp³-hybridized carbons (Fsp3) is 0.294. The second-order valence-electron chi connectivity index (χ2n) is 5.97. The maximum atomic E-state index is 13.0. The second-order valence-corrected chi connectivity index (χ2v) is 7.83. The molecule has 7 nitrogen and oxygen atoms in total. The molecule has 8 heteroatoms. The Labute approximate surface area is 145 Å². The third-order valence-electron chi connectivity index (χ3n) is 3.83. The number of ether oxygens (including phenoxy) is 1. The number of para-hydroxylation sites is 1. The Morgan fingerprint density at radius 1 is 1.32 bits per heavy atom. The monoisotopic (exact) mass is 362 g/mol. The van der Waals surface area contributed by atoms with E-state index in [0.717, 1.165) is 4.31 Å². The average molecular weight is 362 g/mol. The molecule has 0 atom stereocenters. The number of carbonyl (C=O) groups is 1. The lowest BCUT2D eigenvalue weighted by atomic mass is 10.1. The van der Waals surface area contributed by atoms with Crippen LogP contribution in [-0.4, -0.2) is 37.1 Å². The molecule has 0 amide bonds. The van der Waals surface area contributed by atoms with E-state index in [-0.39, 0.29) is 28.8 Å². The first-order valence-corrected chi connectivity index (χ1v) is 9.24. The van der Waals surface area contributed by atoms with Crippen molar-refractivity contribution in [3.05, 3.63) is 47.8 Å². The van der Waals surface area contributed by atoms with E-state index in [4.69, 9.17) is 4.74 Å². The molecule has 0 spiro atoms. The lowest BCUT2D eigenvalue weighted by Gasteiger charge is -2.21. The third kappa shape index (κ3) is 3.17. The second kappa shape index (κ2) is 6.36. The number of carboxylic acid groups (broad SMARTS) is 1. The van der Waals surface area contributed by atoms with Gasteiger partial charge in [-0.15, -0.1) is 0 Å². The van der Waals surface area contributed by atoms with Gasteiger partial charge in [-0.2, -0.15) is 0 Å². The van der Waals surface area contributed by atoms with Crippen LogP contribution >= 0.6 is 0 Å². The number of hydrogen-bond acceptors (Lipinski definition) is 5. The van der Waals surface area contributed by atoms with Gasteiger partial charge in [-0.25, -0.2) is 13.2 Å². The first kappa shape index (κ1) is 17.2. The van der Waals surface area contributed by atoms with Crippen molar-refractivity contribution < 1.29 is 23.1 Å². The highest BCUT2D eigenvalue weighted by molar-refractivity contribution is 7.92. The van der Waals surface area contributed by atoms with Gasteiger partial charge in [0.15, 0.2) is 0 Å². The Morgan fingerprint density at radius 3 is 2.76 bits per heavy atom. The maximum Gasteiger partial charge on any atom is 0.337 e. The van der Waals surface area contributed by atoms with Crippen molar-refractivity contribution in [2.75, 3.05) is 10.8 Å². The molecule has 1 aromatic heterocycles. The summed E-state index contributed by atoms with van der Waals surface area (Å²) in [6.07, 6.45) is 3.03. The average Bonchev–Trinajstić information content (AvgIpc) is 2.99. The fourth-order valence-electron chi connectivity index (χ4n) is 2.84. The van der Waals surface area contributed by atoms with Crippen molar-refractivity contribution in [3.63, 3.8) is 0 Å². The fourth-order valence-corrected chi connectivity index (χ4v) is 4.34. The molecule has 1 N–H and O–H groups in total. The lowest BCUT2D eigenvalue weighted by Crippen LogP contribution is -2.30. The highest BCUT2D eigenvalue weighted by atomic mass is 32.2. The summed E-state index contributed by atoms with van der Waals surface area (Å²) < 4.78 is 32.7. The largest absolute Gasteiger partial charge is 0.489 e. The van der Waals surface area contributed by atoms with Crippen molar-refractivity contribution in [1.82, 2.24) is 4.98 Å². The van der Waals surface area contributed by atoms with E-state index in [1.165, 1.54) is 24.5 Å². The van der Waals surface area contributed by atoms with Gasteiger partial charge in [0.2, 0.25) is 0 Å². The number of carboxylic acids is 1. The molecule has 25 heavy (non-hydrogen) atoms. The molecule has 2 aromatic rings. The molecule has 2 heterocycles. The highest BCUT2D eigenvalue weighted by Gasteiger charge is 2.34. The van der Waals surface area contributed by atoms with Crippen molar-refractivity contribution in [1.29, 1.82) is 0 Å². The van der Waals surface area contributed by atoms with Crippen LogP contribution in [0.2, 0.25) is 0 Å². The molecule has 0 bridgehead atoms. The van der Waals surface area contributed by atoms with Gasteiger partial charge < -0.3 is 9.84 Å². The highest BCUT2D eigenvalue weighted by Crippen LogP contribution is 2.36. The summed E-state index contributed by atoms with van der Waals surface area (Å²) in [6.45, 7) is 3.85. The van der Waals surface area contributed by atoms with Crippen LogP contribution in [0.1, 0.15) is 29.8 Å². The Bertz CT molecular complexity index is 924. The summed E-state index contributed by atoms with van der Waals surface area (Å²) in [5.74, 6) is -0.809. The quantitative estimate of drug-likeness (QED) is 0.877. The van der Waals surface area contributed by atoms with E-state index < -0.39 is 16.0 Å². The van der Waals surface area contributed by atoms with Crippen molar-refractivity contribution >= 4 is 21.7 Å². The lowest BCUT2D eigenvalue weighted by molar-refractivity contribution is 0.0698. The van der Waals surface area contributed by atoms with Gasteiger partial charge in [0.05, 0.1) is 23.6 Å². The summed E-state index contributed by atoms with van der Waals surface area (Å²) in [4.78, 5) is 15.4. The van der Waals surface area contributed by atoms with Crippen LogP contribution in [0.15, 0.2) is 41.6 Å². The van der Waals surface area contributed by atoms with Crippen LogP contribution < -0.4 is 9.04 Å². The van der Waals surface area contributed by atoms with Crippen LogP contribution in [0.4, 0.5) is 5.69 Å². The van der Waals surface area contributed by atoms with Gasteiger partial charge in [0, 0.05) is 18.8 Å². The number of rotatable bonds is 5. The van der Waals surface area contributed by atoms with E-state index in [1.807, 2.05) is 13.8 Å². The van der Waals surface area contributed by atoms with Gasteiger partial charge in [0.1, 0.15) is 10.6 Å². The molecule has 0 fully saturated rings. The van der Waals surface area contributed by atoms with Gasteiger partial charge in [-0.1, -0.05) is 12.1 Å². The molecule has 1 aromatic carbocycles. The SMILES string of the molecule is CC(C)Oc1cncc(S(=O)(=O)N2CCc3cccc(C(=O)O)c32)c1. The minimum absolute atomic E-state index is 0.0267. The number of hydrogen-bond donors (Lipinski definition) is 1. The molecule has 0 saturated carbocycles. The molecule has 0 aliphatic carbocycles. The normalized spacial score (nSPS) is 13.8. The Kier molecular flexibility index (Phi) is 4.38. The van der Waals surface area contributed by atoms with Crippen molar-refractivity contribution in [2.24, 2.45) is 0 Å². The van der Waals surface area contributed by atoms with E-state index in [2.05, 4.69) is 4.98 Å². The van der Waals surface area contributed by atoms with Crippen LogP contribution in [0.5, 0.6) is 5.75 Å². The number of fused-ring (bicyclic) bond motifs is 1. The Morgan fingerprint density at radius 2 is 2.08 bits per heavy atom. The van der Waals surface area contributed by atoms with E-state index in [9.17, 15) is 18.3 Å². The van der Waals surface area contributed by atoms with E-state index in [0.29, 0.717) is 17.7 Å². The molecular formula is C17H18N2O5S. The van der Waals surface area contributed by atoms with Crippen LogP contribution in [0.3, 0.4) is 0 Å². The number of aromatic carboxylic acids is 1. The number of sulfonamides is 1. The zero-order valence-electron chi connectivity index (χ0n) is 13.8. The predicted molar refractivity (Wildman–Crippen MR) is 91.6 cm³/mol. The number of benzene rings is 1. The van der Waals surface area contributed by atoms with Gasteiger partial charge in [-0.05, 0) is 31.9 Å². The summed E-state index contributed by atoms with van der Waals surface area (Å²) in [5.41, 5.74) is 0.900. The number of anilines is 1. The Balaban J connectivity index is 2.06. The van der Waals surface area contributed by atoms with Crippen LogP contribution in [0.25, 0.3) is 0 Å². The smallest absolute Gasteiger partial charge is 0.337 e. The molecule has 132 valence electrons. The molecule has 0 unspecified atom stereocenters. The van der Waals surface area contributed by atoms with Gasteiger partial charge in [-0.3, -0.25) is 9.29 Å². The predicted octanol–water partition coefficient (Wildman–Crippen LogP) is 2.32. The molecule has 3 rings (SSSR count). The summed E-state index contributed by atoms with van der Waals surface area (Å²) in [6, 6.07) is 6.18. The standard InChI is InChI=1S/C17H18N2O5S/c1-11(2)24-13-8-14(10-18-9-13)25(22,23)19-7-6-12-4-3-5-15(16(12)19)17(20)21/h3-5,8-11H,6-7H2,1-2H3,(H,20,21). The molecule has 1 aliphatic heterocycles. The molecule has 0 radical (unpaired) electrons. The summed E-state index contributed by atoms with van der Waals surface area (Å²) >= 11 is 0. The minimum Gasteiger partial charge on any atom is -0.489 e. The zero-order chi connectivity index (χ0) is 18.2. The van der Waals surface area contributed by atoms with Crippen molar-refractivity contribution in [2.45, 2.75) is 31.3 Å². The molecular weight excluding hydrogens is 344 g/mol. The van der Waals surface area contributed by atoms with Gasteiger partial charge >= 0.3 is 5.97 Å². The first-order valence-electron chi connectivity index (χ1n) is 7.80.